The molecule has 2 aromatic rings. The number of thiophene rings is 1. The van der Waals surface area contributed by atoms with E-state index in [4.69, 9.17) is 0 Å². The first-order valence-electron chi connectivity index (χ1n) is 7.64. The first-order valence-corrected chi connectivity index (χ1v) is 8.52. The van der Waals surface area contributed by atoms with Crippen molar-refractivity contribution >= 4 is 17.1 Å². The number of hydrogen-bond donors (Lipinski definition) is 0. The molecule has 0 radical (unpaired) electrons. The van der Waals surface area contributed by atoms with E-state index in [1.165, 1.54) is 48.4 Å². The lowest BCUT2D eigenvalue weighted by Gasteiger charge is -2.27. The van der Waals surface area contributed by atoms with Crippen molar-refractivity contribution in [1.29, 1.82) is 0 Å². The van der Waals surface area contributed by atoms with E-state index in [0.29, 0.717) is 0 Å². The summed E-state index contributed by atoms with van der Waals surface area (Å²) in [5.41, 5.74) is 3.38. The highest BCUT2D eigenvalue weighted by molar-refractivity contribution is 7.13. The van der Waals surface area contributed by atoms with Crippen molar-refractivity contribution in [3.05, 3.63) is 46.8 Å². The third-order valence-electron chi connectivity index (χ3n) is 4.14. The van der Waals surface area contributed by atoms with Crippen LogP contribution in [0.25, 0.3) is 10.4 Å². The van der Waals surface area contributed by atoms with Crippen LogP contribution in [-0.4, -0.2) is 23.8 Å². The Kier molecular flexibility index (Phi) is 4.51. The van der Waals surface area contributed by atoms with Crippen molar-refractivity contribution in [3.8, 4) is 10.4 Å². The van der Waals surface area contributed by atoms with E-state index in [-0.39, 0.29) is 5.78 Å². The predicted molar refractivity (Wildman–Crippen MR) is 88.9 cm³/mol. The quantitative estimate of drug-likeness (QED) is 0.769. The number of carbonyl (C=O) groups excluding carboxylic acids is 1. The normalized spacial score (nSPS) is 16.0. The van der Waals surface area contributed by atoms with Gasteiger partial charge in [0, 0.05) is 17.0 Å². The fourth-order valence-corrected chi connectivity index (χ4v) is 3.76. The molecule has 110 valence electrons. The molecule has 0 unspecified atom stereocenters. The molecule has 1 aliphatic rings. The molecule has 0 N–H and O–H groups in total. The van der Waals surface area contributed by atoms with Gasteiger partial charge < -0.3 is 0 Å². The first-order chi connectivity index (χ1) is 10.2. The molecule has 0 saturated carbocycles. The Hall–Kier alpha value is -1.45. The molecule has 1 aromatic heterocycles. The zero-order chi connectivity index (χ0) is 14.7. The van der Waals surface area contributed by atoms with Gasteiger partial charge in [0.15, 0.2) is 5.78 Å². The maximum atomic E-state index is 11.7. The van der Waals surface area contributed by atoms with Crippen LogP contribution in [0.4, 0.5) is 0 Å². The van der Waals surface area contributed by atoms with Crippen LogP contribution >= 0.6 is 11.3 Å². The molecule has 0 amide bonds. The molecule has 0 spiro atoms. The standard InChI is InChI=1S/C18H21NOS/c1-14(20)15-7-8-17(18-6-5-11-21-18)16(12-15)13-19-9-3-2-4-10-19/h5-8,11-12H,2-4,9-10,13H2,1H3. The lowest BCUT2D eigenvalue weighted by molar-refractivity contribution is 0.101. The molecule has 2 nitrogen and oxygen atoms in total. The second-order valence-corrected chi connectivity index (χ2v) is 6.69. The lowest BCUT2D eigenvalue weighted by atomic mass is 9.99. The van der Waals surface area contributed by atoms with Crippen LogP contribution in [0, 0.1) is 0 Å². The van der Waals surface area contributed by atoms with Gasteiger partial charge in [-0.2, -0.15) is 0 Å². The Morgan fingerprint density at radius 1 is 1.19 bits per heavy atom. The number of Topliss-reactive ketones (excluding diaryl/α,β-unsaturated/α-hetero) is 1. The van der Waals surface area contributed by atoms with E-state index >= 15 is 0 Å². The van der Waals surface area contributed by atoms with Crippen molar-refractivity contribution in [2.24, 2.45) is 0 Å². The molecule has 2 heterocycles. The molecule has 3 heteroatoms. The summed E-state index contributed by atoms with van der Waals surface area (Å²) in [7, 11) is 0. The topological polar surface area (TPSA) is 20.3 Å². The predicted octanol–water partition coefficient (Wildman–Crippen LogP) is 4.60. The van der Waals surface area contributed by atoms with E-state index < -0.39 is 0 Å². The summed E-state index contributed by atoms with van der Waals surface area (Å²) in [5.74, 6) is 0.146. The van der Waals surface area contributed by atoms with Crippen LogP contribution in [0.3, 0.4) is 0 Å². The molecule has 0 bridgehead atoms. The second kappa shape index (κ2) is 6.54. The van der Waals surface area contributed by atoms with E-state index in [9.17, 15) is 4.79 Å². The summed E-state index contributed by atoms with van der Waals surface area (Å²) in [6, 6.07) is 10.4. The summed E-state index contributed by atoms with van der Waals surface area (Å²) in [4.78, 5) is 15.5. The van der Waals surface area contributed by atoms with E-state index in [0.717, 1.165) is 12.1 Å². The van der Waals surface area contributed by atoms with Crippen LogP contribution < -0.4 is 0 Å². The first kappa shape index (κ1) is 14.5. The van der Waals surface area contributed by atoms with Gasteiger partial charge in [-0.25, -0.2) is 0 Å². The molecule has 21 heavy (non-hydrogen) atoms. The van der Waals surface area contributed by atoms with E-state index in [1.807, 2.05) is 6.07 Å². The molecular weight excluding hydrogens is 278 g/mol. The third-order valence-corrected chi connectivity index (χ3v) is 5.04. The highest BCUT2D eigenvalue weighted by Gasteiger charge is 2.15. The van der Waals surface area contributed by atoms with Crippen LogP contribution in [0.15, 0.2) is 35.7 Å². The number of hydrogen-bond acceptors (Lipinski definition) is 3. The number of likely N-dealkylation sites (tertiary alicyclic amines) is 1. The maximum absolute atomic E-state index is 11.7. The molecular formula is C18H21NOS. The van der Waals surface area contributed by atoms with Crippen molar-refractivity contribution in [3.63, 3.8) is 0 Å². The van der Waals surface area contributed by atoms with E-state index in [1.54, 1.807) is 18.3 Å². The fraction of sp³-hybridized carbons (Fsp3) is 0.389. The molecule has 1 fully saturated rings. The maximum Gasteiger partial charge on any atom is 0.159 e. The zero-order valence-electron chi connectivity index (χ0n) is 12.5. The Morgan fingerprint density at radius 2 is 2.00 bits per heavy atom. The Labute approximate surface area is 130 Å². The number of rotatable bonds is 4. The van der Waals surface area contributed by atoms with Crippen molar-refractivity contribution in [2.75, 3.05) is 13.1 Å². The van der Waals surface area contributed by atoms with Crippen LogP contribution in [0.2, 0.25) is 0 Å². The van der Waals surface area contributed by atoms with Gasteiger partial charge in [0.2, 0.25) is 0 Å². The third kappa shape index (κ3) is 3.42. The van der Waals surface area contributed by atoms with Crippen molar-refractivity contribution < 1.29 is 4.79 Å². The lowest BCUT2D eigenvalue weighted by Crippen LogP contribution is -2.29. The SMILES string of the molecule is CC(=O)c1ccc(-c2cccs2)c(CN2CCCCC2)c1. The Bertz CT molecular complexity index is 612. The van der Waals surface area contributed by atoms with Crippen molar-refractivity contribution in [2.45, 2.75) is 32.7 Å². The van der Waals surface area contributed by atoms with Crippen molar-refractivity contribution in [1.82, 2.24) is 4.90 Å². The minimum Gasteiger partial charge on any atom is -0.299 e. The molecule has 0 aliphatic carbocycles. The second-order valence-electron chi connectivity index (χ2n) is 5.74. The highest BCUT2D eigenvalue weighted by Crippen LogP contribution is 2.30. The molecule has 3 rings (SSSR count). The largest absolute Gasteiger partial charge is 0.299 e. The summed E-state index contributed by atoms with van der Waals surface area (Å²) in [5, 5.41) is 2.11. The average molecular weight is 299 g/mol. The van der Waals surface area contributed by atoms with Gasteiger partial charge in [0.25, 0.3) is 0 Å². The van der Waals surface area contributed by atoms with Gasteiger partial charge in [-0.1, -0.05) is 24.6 Å². The molecule has 1 aliphatic heterocycles. The van der Waals surface area contributed by atoms with Gasteiger partial charge in [-0.3, -0.25) is 9.69 Å². The number of nitrogens with zero attached hydrogens (tertiary/aromatic N) is 1. The Balaban J connectivity index is 1.93. The molecule has 1 saturated heterocycles. The monoisotopic (exact) mass is 299 g/mol. The number of piperidine rings is 1. The van der Waals surface area contributed by atoms with Gasteiger partial charge in [-0.05, 0) is 61.5 Å². The highest BCUT2D eigenvalue weighted by atomic mass is 32.1. The van der Waals surface area contributed by atoms with Gasteiger partial charge in [-0.15, -0.1) is 11.3 Å². The van der Waals surface area contributed by atoms with Gasteiger partial charge in [0.05, 0.1) is 0 Å². The minimum absolute atomic E-state index is 0.146. The smallest absolute Gasteiger partial charge is 0.159 e. The fourth-order valence-electron chi connectivity index (χ4n) is 2.97. The van der Waals surface area contributed by atoms with Gasteiger partial charge in [0.1, 0.15) is 0 Å². The van der Waals surface area contributed by atoms with Crippen LogP contribution in [0.5, 0.6) is 0 Å². The van der Waals surface area contributed by atoms with Crippen LogP contribution in [0.1, 0.15) is 42.1 Å². The number of ketones is 1. The van der Waals surface area contributed by atoms with Gasteiger partial charge >= 0.3 is 0 Å². The Morgan fingerprint density at radius 3 is 2.67 bits per heavy atom. The summed E-state index contributed by atoms with van der Waals surface area (Å²) in [6.07, 6.45) is 3.93. The summed E-state index contributed by atoms with van der Waals surface area (Å²) >= 11 is 1.76. The zero-order valence-corrected chi connectivity index (χ0v) is 13.3. The molecule has 0 atom stereocenters. The number of benzene rings is 1. The molecule has 1 aromatic carbocycles. The average Bonchev–Trinajstić information content (AvgIpc) is 3.02. The van der Waals surface area contributed by atoms with Crippen LogP contribution in [-0.2, 0) is 6.54 Å². The minimum atomic E-state index is 0.146. The summed E-state index contributed by atoms with van der Waals surface area (Å²) < 4.78 is 0. The van der Waals surface area contributed by atoms with E-state index in [2.05, 4.69) is 34.5 Å². The number of carbonyl (C=O) groups is 1. The summed E-state index contributed by atoms with van der Waals surface area (Å²) in [6.45, 7) is 4.95.